The number of aryl methyl sites for hydroxylation is 1. The van der Waals surface area contributed by atoms with Gasteiger partial charge in [0.1, 0.15) is 24.1 Å². The smallest absolute Gasteiger partial charge is 0.339 e. The highest BCUT2D eigenvalue weighted by atomic mass is 19.1. The summed E-state index contributed by atoms with van der Waals surface area (Å²) in [5.41, 5.74) is 1.06. The van der Waals surface area contributed by atoms with Gasteiger partial charge < -0.3 is 19.3 Å². The summed E-state index contributed by atoms with van der Waals surface area (Å²) >= 11 is 0. The van der Waals surface area contributed by atoms with E-state index in [1.807, 2.05) is 6.92 Å². The predicted octanol–water partition coefficient (Wildman–Crippen LogP) is 4.17. The van der Waals surface area contributed by atoms with Crippen molar-refractivity contribution in [1.29, 1.82) is 0 Å². The molecule has 0 bridgehead atoms. The van der Waals surface area contributed by atoms with Gasteiger partial charge in [0.15, 0.2) is 5.79 Å². The average Bonchev–Trinajstić information content (AvgIpc) is 2.96. The predicted molar refractivity (Wildman–Crippen MR) is 108 cm³/mol. The van der Waals surface area contributed by atoms with Crippen molar-refractivity contribution in [1.82, 2.24) is 0 Å². The molecule has 1 aromatic carbocycles. The highest BCUT2D eigenvalue weighted by Gasteiger charge is 2.43. The molecule has 1 saturated heterocycles. The van der Waals surface area contributed by atoms with Crippen molar-refractivity contribution in [3.05, 3.63) is 52.9 Å². The van der Waals surface area contributed by atoms with Gasteiger partial charge in [-0.25, -0.2) is 9.18 Å². The first-order chi connectivity index (χ1) is 13.6. The van der Waals surface area contributed by atoms with E-state index in [0.29, 0.717) is 12.0 Å². The Bertz CT molecular complexity index is 829. The molecular formula is C23H29FO5. The Balaban J connectivity index is 2.03. The second-order valence-corrected chi connectivity index (χ2v) is 8.27. The number of cyclic esters (lactones) is 1. The van der Waals surface area contributed by atoms with Crippen molar-refractivity contribution in [2.45, 2.75) is 71.2 Å². The van der Waals surface area contributed by atoms with E-state index in [-0.39, 0.29) is 17.0 Å². The first kappa shape index (κ1) is 21.7. The van der Waals surface area contributed by atoms with Gasteiger partial charge in [-0.2, -0.15) is 0 Å². The molecule has 0 saturated carbocycles. The molecule has 1 N–H and O–H groups in total. The highest BCUT2D eigenvalue weighted by molar-refractivity contribution is 5.95. The highest BCUT2D eigenvalue weighted by Crippen LogP contribution is 2.33. The normalized spacial score (nSPS) is 34.4. The average molecular weight is 404 g/mol. The number of aliphatic hydroxyl groups is 1. The number of esters is 1. The molecule has 2 aliphatic rings. The molecule has 158 valence electrons. The zero-order chi connectivity index (χ0) is 21.3. The Morgan fingerprint density at radius 1 is 1.17 bits per heavy atom. The summed E-state index contributed by atoms with van der Waals surface area (Å²) < 4.78 is 32.0. The monoisotopic (exact) mass is 404 g/mol. The van der Waals surface area contributed by atoms with Crippen molar-refractivity contribution in [2.75, 3.05) is 0 Å². The van der Waals surface area contributed by atoms with Crippen molar-refractivity contribution in [3.8, 4) is 0 Å². The largest absolute Gasteiger partial charge is 0.458 e. The summed E-state index contributed by atoms with van der Waals surface area (Å²) in [6.45, 7) is 9.01. The molecule has 5 nitrogen and oxygen atoms in total. The van der Waals surface area contributed by atoms with Gasteiger partial charge in [0.05, 0.1) is 11.7 Å². The van der Waals surface area contributed by atoms with Gasteiger partial charge in [-0.1, -0.05) is 37.3 Å². The Labute approximate surface area is 171 Å². The Hall–Kier alpha value is -2.02. The van der Waals surface area contributed by atoms with Crippen LogP contribution in [0.2, 0.25) is 0 Å². The second kappa shape index (κ2) is 8.38. The van der Waals surface area contributed by atoms with E-state index in [1.54, 1.807) is 58.1 Å². The lowest BCUT2D eigenvalue weighted by Crippen LogP contribution is -2.34. The van der Waals surface area contributed by atoms with Gasteiger partial charge >= 0.3 is 5.97 Å². The van der Waals surface area contributed by atoms with E-state index < -0.39 is 42.0 Å². The summed E-state index contributed by atoms with van der Waals surface area (Å²) in [5.74, 6) is -2.04. The van der Waals surface area contributed by atoms with Gasteiger partial charge in [-0.15, -0.1) is 0 Å². The maximum atomic E-state index is 14.6. The maximum absolute atomic E-state index is 14.6. The summed E-state index contributed by atoms with van der Waals surface area (Å²) in [4.78, 5) is 12.8. The SMILES string of the molecule is Cc1ccc(F)c2c1C(=O)O[C@@H](C)[C@H](C)/C=C\C(O)[C@H]1OC(C)(C)O[C@H]1C/C=C/2. The third-order valence-electron chi connectivity index (χ3n) is 5.46. The number of fused-ring (bicyclic) bond motifs is 2. The van der Waals surface area contributed by atoms with Gasteiger partial charge in [0.2, 0.25) is 0 Å². The van der Waals surface area contributed by atoms with E-state index in [0.717, 1.165) is 0 Å². The minimum atomic E-state index is -0.880. The van der Waals surface area contributed by atoms with E-state index in [4.69, 9.17) is 14.2 Å². The van der Waals surface area contributed by atoms with E-state index in [2.05, 4.69) is 0 Å². The molecule has 0 spiro atoms. The molecule has 0 radical (unpaired) electrons. The van der Waals surface area contributed by atoms with Crippen LogP contribution in [0.25, 0.3) is 6.08 Å². The van der Waals surface area contributed by atoms with E-state index in [1.165, 1.54) is 6.07 Å². The summed E-state index contributed by atoms with van der Waals surface area (Å²) in [7, 11) is 0. The first-order valence-corrected chi connectivity index (χ1v) is 9.97. The molecule has 3 rings (SSSR count). The molecule has 1 unspecified atom stereocenters. The Morgan fingerprint density at radius 3 is 2.62 bits per heavy atom. The number of aliphatic hydroxyl groups excluding tert-OH is 1. The van der Waals surface area contributed by atoms with Crippen LogP contribution in [-0.4, -0.2) is 41.3 Å². The molecule has 1 fully saturated rings. The maximum Gasteiger partial charge on any atom is 0.339 e. The topological polar surface area (TPSA) is 65.0 Å². The van der Waals surface area contributed by atoms with Crippen LogP contribution in [-0.2, 0) is 14.2 Å². The van der Waals surface area contributed by atoms with Crippen LogP contribution in [0.3, 0.4) is 0 Å². The van der Waals surface area contributed by atoms with Crippen LogP contribution in [0.4, 0.5) is 4.39 Å². The molecule has 5 atom stereocenters. The van der Waals surface area contributed by atoms with Crippen LogP contribution in [0.5, 0.6) is 0 Å². The number of benzene rings is 1. The van der Waals surface area contributed by atoms with E-state index >= 15 is 0 Å². The minimum Gasteiger partial charge on any atom is -0.458 e. The van der Waals surface area contributed by atoms with Crippen molar-refractivity contribution in [2.24, 2.45) is 5.92 Å². The summed E-state index contributed by atoms with van der Waals surface area (Å²) in [6, 6.07) is 2.91. The number of carbonyl (C=O) groups is 1. The van der Waals surface area contributed by atoms with E-state index in [9.17, 15) is 14.3 Å². The number of ether oxygens (including phenoxy) is 3. The quantitative estimate of drug-likeness (QED) is 0.519. The van der Waals surface area contributed by atoms with Crippen molar-refractivity contribution >= 4 is 12.0 Å². The lowest BCUT2D eigenvalue weighted by molar-refractivity contribution is -0.152. The number of rotatable bonds is 0. The fraction of sp³-hybridized carbons (Fsp3) is 0.522. The molecule has 0 aromatic heterocycles. The fourth-order valence-electron chi connectivity index (χ4n) is 3.68. The molecule has 29 heavy (non-hydrogen) atoms. The Kier molecular flexibility index (Phi) is 6.27. The van der Waals surface area contributed by atoms with Crippen LogP contribution in [0, 0.1) is 18.7 Å². The van der Waals surface area contributed by atoms with Gasteiger partial charge in [-0.05, 0) is 45.7 Å². The molecule has 6 heteroatoms. The fourth-order valence-corrected chi connectivity index (χ4v) is 3.68. The third-order valence-corrected chi connectivity index (χ3v) is 5.46. The Morgan fingerprint density at radius 2 is 1.90 bits per heavy atom. The van der Waals surface area contributed by atoms with Crippen molar-refractivity contribution < 1.29 is 28.5 Å². The molecule has 0 amide bonds. The van der Waals surface area contributed by atoms with Gasteiger partial charge in [0.25, 0.3) is 0 Å². The molecule has 2 aliphatic heterocycles. The standard InChI is InChI=1S/C23H29FO5/c1-13-10-12-18(25)21-19(28-23(4,5)29-21)8-6-7-16-17(24)11-9-14(2)20(16)22(26)27-15(13)3/h6-7,9-13,15,18-19,21,25H,8H2,1-5H3/b7-6+,12-10-/t13-,15+,18?,19+,21-/m1/s1. The van der Waals surface area contributed by atoms with Crippen LogP contribution in [0.15, 0.2) is 30.4 Å². The van der Waals surface area contributed by atoms with Gasteiger partial charge in [0, 0.05) is 11.5 Å². The van der Waals surface area contributed by atoms with Gasteiger partial charge in [-0.3, -0.25) is 0 Å². The molecule has 0 aliphatic carbocycles. The third kappa shape index (κ3) is 4.77. The second-order valence-electron chi connectivity index (χ2n) is 8.27. The molecule has 1 aromatic rings. The van der Waals surface area contributed by atoms with Crippen LogP contribution >= 0.6 is 0 Å². The molecular weight excluding hydrogens is 375 g/mol. The van der Waals surface area contributed by atoms with Crippen LogP contribution in [0.1, 0.15) is 55.6 Å². The zero-order valence-corrected chi connectivity index (χ0v) is 17.5. The van der Waals surface area contributed by atoms with Crippen LogP contribution < -0.4 is 0 Å². The summed E-state index contributed by atoms with van der Waals surface area (Å²) in [5, 5.41) is 10.6. The van der Waals surface area contributed by atoms with Crippen molar-refractivity contribution in [3.63, 3.8) is 0 Å². The number of halogens is 1. The lowest BCUT2D eigenvalue weighted by atomic mass is 9.97. The first-order valence-electron chi connectivity index (χ1n) is 9.97. The summed E-state index contributed by atoms with van der Waals surface area (Å²) in [6.07, 6.45) is 4.88. The number of hydrogen-bond donors (Lipinski definition) is 1. The minimum absolute atomic E-state index is 0.154. The zero-order valence-electron chi connectivity index (χ0n) is 17.5. The molecule has 2 heterocycles. The number of hydrogen-bond acceptors (Lipinski definition) is 5. The number of carbonyl (C=O) groups excluding carboxylic acids is 1. The lowest BCUT2D eigenvalue weighted by Gasteiger charge is -2.22.